The third-order valence-corrected chi connectivity index (χ3v) is 4.00. The van der Waals surface area contributed by atoms with Gasteiger partial charge in [-0.15, -0.1) is 11.3 Å². The third-order valence-electron chi connectivity index (χ3n) is 2.85. The Labute approximate surface area is 121 Å². The van der Waals surface area contributed by atoms with Crippen molar-refractivity contribution in [1.29, 1.82) is 0 Å². The summed E-state index contributed by atoms with van der Waals surface area (Å²) < 4.78 is 4.66. The van der Waals surface area contributed by atoms with Crippen LogP contribution in [0.3, 0.4) is 0 Å². The van der Waals surface area contributed by atoms with Gasteiger partial charge in [0.1, 0.15) is 4.88 Å². The number of ether oxygens (including phenoxy) is 1. The van der Waals surface area contributed by atoms with Gasteiger partial charge in [-0.2, -0.15) is 0 Å². The Morgan fingerprint density at radius 3 is 2.45 bits per heavy atom. The summed E-state index contributed by atoms with van der Waals surface area (Å²) >= 11 is 1.25. The van der Waals surface area contributed by atoms with E-state index in [1.54, 1.807) is 0 Å². The molecule has 2 rings (SSSR count). The number of hydrogen-bond donors (Lipinski definition) is 0. The van der Waals surface area contributed by atoms with E-state index in [0.29, 0.717) is 11.3 Å². The van der Waals surface area contributed by atoms with Crippen molar-refractivity contribution in [1.82, 2.24) is 4.98 Å². The molecule has 5 heteroatoms. The summed E-state index contributed by atoms with van der Waals surface area (Å²) in [4.78, 5) is 27.8. The van der Waals surface area contributed by atoms with Crippen LogP contribution in [-0.4, -0.2) is 23.8 Å². The molecule has 0 atom stereocenters. The molecule has 0 radical (unpaired) electrons. The van der Waals surface area contributed by atoms with Crippen molar-refractivity contribution >= 4 is 23.1 Å². The van der Waals surface area contributed by atoms with Gasteiger partial charge in [0, 0.05) is 13.3 Å². The lowest BCUT2D eigenvalue weighted by molar-refractivity contribution is 0.0591. The zero-order valence-corrected chi connectivity index (χ0v) is 12.4. The number of nitrogens with zero attached hydrogens (tertiary/aromatic N) is 1. The first kappa shape index (κ1) is 14.4. The van der Waals surface area contributed by atoms with Gasteiger partial charge in [0.15, 0.2) is 11.5 Å². The van der Waals surface area contributed by atoms with Gasteiger partial charge < -0.3 is 4.74 Å². The van der Waals surface area contributed by atoms with E-state index in [9.17, 15) is 9.59 Å². The molecule has 1 heterocycles. The molecule has 1 aromatic carbocycles. The maximum absolute atomic E-state index is 11.6. The van der Waals surface area contributed by atoms with Crippen LogP contribution in [0.2, 0.25) is 0 Å². The number of rotatable bonds is 4. The van der Waals surface area contributed by atoms with E-state index in [-0.39, 0.29) is 11.5 Å². The van der Waals surface area contributed by atoms with E-state index < -0.39 is 5.97 Å². The van der Waals surface area contributed by atoms with Gasteiger partial charge >= 0.3 is 5.97 Å². The number of methoxy groups -OCH3 is 1. The topological polar surface area (TPSA) is 56.3 Å². The van der Waals surface area contributed by atoms with Crippen LogP contribution < -0.4 is 0 Å². The van der Waals surface area contributed by atoms with Crippen LogP contribution in [0.25, 0.3) is 0 Å². The van der Waals surface area contributed by atoms with E-state index in [1.807, 2.05) is 31.2 Å². The lowest BCUT2D eigenvalue weighted by atomic mass is 10.1. The molecule has 0 saturated carbocycles. The standard InChI is InChI=1S/C15H15NO3S/c1-9-4-6-11(7-5-9)8-12-16-13(15(18)19-3)14(20-12)10(2)17/h4-7H,8H2,1-3H3. The molecule has 4 nitrogen and oxygen atoms in total. The quantitative estimate of drug-likeness (QED) is 0.641. The van der Waals surface area contributed by atoms with Crippen molar-refractivity contribution in [3.63, 3.8) is 0 Å². The first-order valence-electron chi connectivity index (χ1n) is 6.15. The molecule has 0 saturated heterocycles. The average molecular weight is 289 g/mol. The minimum atomic E-state index is -0.568. The van der Waals surface area contributed by atoms with E-state index in [1.165, 1.54) is 30.9 Å². The van der Waals surface area contributed by atoms with Gasteiger partial charge in [-0.05, 0) is 12.5 Å². The van der Waals surface area contributed by atoms with Crippen LogP contribution >= 0.6 is 11.3 Å². The summed E-state index contributed by atoms with van der Waals surface area (Å²) in [5, 5.41) is 0.736. The van der Waals surface area contributed by atoms with Gasteiger partial charge in [-0.25, -0.2) is 9.78 Å². The van der Waals surface area contributed by atoms with Crippen LogP contribution in [0.15, 0.2) is 24.3 Å². The first-order valence-corrected chi connectivity index (χ1v) is 6.97. The smallest absolute Gasteiger partial charge is 0.358 e. The van der Waals surface area contributed by atoms with E-state index in [0.717, 1.165) is 10.6 Å². The Balaban J connectivity index is 2.31. The second-order valence-electron chi connectivity index (χ2n) is 4.50. The van der Waals surface area contributed by atoms with Crippen molar-refractivity contribution in [2.45, 2.75) is 20.3 Å². The molecule has 0 aliphatic rings. The summed E-state index contributed by atoms with van der Waals surface area (Å²) in [7, 11) is 1.28. The van der Waals surface area contributed by atoms with Gasteiger partial charge in [0.05, 0.1) is 12.1 Å². The maximum Gasteiger partial charge on any atom is 0.358 e. The van der Waals surface area contributed by atoms with Gasteiger partial charge in [0.2, 0.25) is 0 Å². The third kappa shape index (κ3) is 3.11. The monoisotopic (exact) mass is 289 g/mol. The highest BCUT2D eigenvalue weighted by Crippen LogP contribution is 2.22. The minimum Gasteiger partial charge on any atom is -0.464 e. The summed E-state index contributed by atoms with van der Waals surface area (Å²) in [5.41, 5.74) is 2.40. The van der Waals surface area contributed by atoms with Crippen molar-refractivity contribution < 1.29 is 14.3 Å². The molecule has 0 spiro atoms. The fraction of sp³-hybridized carbons (Fsp3) is 0.267. The molecular formula is C15H15NO3S. The number of aryl methyl sites for hydroxylation is 1. The lowest BCUT2D eigenvalue weighted by Crippen LogP contribution is -2.07. The van der Waals surface area contributed by atoms with Crippen LogP contribution in [0.1, 0.15) is 43.2 Å². The summed E-state index contributed by atoms with van der Waals surface area (Å²) in [5.74, 6) is -0.736. The Kier molecular flexibility index (Phi) is 4.29. The van der Waals surface area contributed by atoms with Crippen molar-refractivity contribution in [3.05, 3.63) is 51.0 Å². The van der Waals surface area contributed by atoms with E-state index in [2.05, 4.69) is 9.72 Å². The number of ketones is 1. The summed E-state index contributed by atoms with van der Waals surface area (Å²) in [6.45, 7) is 3.45. The zero-order chi connectivity index (χ0) is 14.7. The molecule has 104 valence electrons. The number of carbonyl (C=O) groups is 2. The molecule has 2 aromatic rings. The number of esters is 1. The highest BCUT2D eigenvalue weighted by molar-refractivity contribution is 7.14. The van der Waals surface area contributed by atoms with Crippen molar-refractivity contribution in [3.8, 4) is 0 Å². The van der Waals surface area contributed by atoms with Gasteiger partial charge in [-0.1, -0.05) is 29.8 Å². The number of thiazole rings is 1. The number of Topliss-reactive ketones (excluding diaryl/α,β-unsaturated/α-hetero) is 1. The lowest BCUT2D eigenvalue weighted by Gasteiger charge is -1.98. The fourth-order valence-corrected chi connectivity index (χ4v) is 2.77. The second kappa shape index (κ2) is 5.96. The van der Waals surface area contributed by atoms with E-state index >= 15 is 0 Å². The van der Waals surface area contributed by atoms with Crippen LogP contribution in [0, 0.1) is 6.92 Å². The highest BCUT2D eigenvalue weighted by atomic mass is 32.1. The normalized spacial score (nSPS) is 10.3. The Bertz CT molecular complexity index is 644. The minimum absolute atomic E-state index is 0.118. The Morgan fingerprint density at radius 1 is 1.25 bits per heavy atom. The Morgan fingerprint density at radius 2 is 1.90 bits per heavy atom. The molecular weight excluding hydrogens is 274 g/mol. The van der Waals surface area contributed by atoms with E-state index in [4.69, 9.17) is 0 Å². The first-order chi connectivity index (χ1) is 9.51. The van der Waals surface area contributed by atoms with Crippen LogP contribution in [0.5, 0.6) is 0 Å². The molecule has 0 N–H and O–H groups in total. The molecule has 0 amide bonds. The summed E-state index contributed by atoms with van der Waals surface area (Å²) in [6, 6.07) is 8.08. The number of aromatic nitrogens is 1. The maximum atomic E-state index is 11.6. The largest absolute Gasteiger partial charge is 0.464 e. The highest BCUT2D eigenvalue weighted by Gasteiger charge is 2.21. The predicted octanol–water partition coefficient (Wildman–Crippen LogP) is 3.03. The number of carbonyl (C=O) groups excluding carboxylic acids is 2. The fourth-order valence-electron chi connectivity index (χ4n) is 1.79. The van der Waals surface area contributed by atoms with Gasteiger partial charge in [0.25, 0.3) is 0 Å². The van der Waals surface area contributed by atoms with Crippen molar-refractivity contribution in [2.75, 3.05) is 7.11 Å². The van der Waals surface area contributed by atoms with Crippen LogP contribution in [0.4, 0.5) is 0 Å². The molecule has 0 bridgehead atoms. The molecule has 0 aliphatic carbocycles. The predicted molar refractivity (Wildman–Crippen MR) is 77.4 cm³/mol. The SMILES string of the molecule is COC(=O)c1nc(Cc2ccc(C)cc2)sc1C(C)=O. The molecule has 0 fully saturated rings. The Hall–Kier alpha value is -2.01. The molecule has 0 unspecified atom stereocenters. The second-order valence-corrected chi connectivity index (χ2v) is 5.58. The molecule has 1 aromatic heterocycles. The average Bonchev–Trinajstić information content (AvgIpc) is 2.84. The number of benzene rings is 1. The summed E-state index contributed by atoms with van der Waals surface area (Å²) in [6.07, 6.45) is 0.599. The van der Waals surface area contributed by atoms with Crippen molar-refractivity contribution in [2.24, 2.45) is 0 Å². The number of hydrogen-bond acceptors (Lipinski definition) is 5. The molecule has 20 heavy (non-hydrogen) atoms. The van der Waals surface area contributed by atoms with Gasteiger partial charge in [-0.3, -0.25) is 4.79 Å². The zero-order valence-electron chi connectivity index (χ0n) is 11.6. The molecule has 0 aliphatic heterocycles. The van der Waals surface area contributed by atoms with Crippen LogP contribution in [-0.2, 0) is 11.2 Å².